The lowest BCUT2D eigenvalue weighted by Gasteiger charge is -2.15. The van der Waals surface area contributed by atoms with Crippen molar-refractivity contribution < 1.29 is 9.53 Å². The molecule has 0 unspecified atom stereocenters. The summed E-state index contributed by atoms with van der Waals surface area (Å²) in [7, 11) is 0. The van der Waals surface area contributed by atoms with Gasteiger partial charge in [0.05, 0.1) is 11.8 Å². The number of aryl methyl sites for hydroxylation is 1. The van der Waals surface area contributed by atoms with E-state index in [0.29, 0.717) is 17.1 Å². The molecule has 1 heterocycles. The maximum Gasteiger partial charge on any atom is 0.272 e. The highest BCUT2D eigenvalue weighted by Crippen LogP contribution is 2.26. The van der Waals surface area contributed by atoms with Gasteiger partial charge in [-0.1, -0.05) is 12.1 Å². The number of carbonyl (C=O) groups excluding carboxylic acids is 1. The van der Waals surface area contributed by atoms with Gasteiger partial charge in [-0.3, -0.25) is 4.79 Å². The van der Waals surface area contributed by atoms with Crippen LogP contribution >= 0.6 is 15.9 Å². The number of benzene rings is 1. The van der Waals surface area contributed by atoms with E-state index in [1.807, 2.05) is 61.9 Å². The van der Waals surface area contributed by atoms with E-state index in [1.165, 1.54) is 0 Å². The van der Waals surface area contributed by atoms with Crippen LogP contribution in [0.15, 0.2) is 41.0 Å². The highest BCUT2D eigenvalue weighted by Gasteiger charge is 2.14. The fraction of sp³-hybridized carbons (Fsp3) is 0.312. The number of ether oxygens (including phenoxy) is 1. The largest absolute Gasteiger partial charge is 0.489 e. The van der Waals surface area contributed by atoms with Gasteiger partial charge in [-0.15, -0.1) is 0 Å². The summed E-state index contributed by atoms with van der Waals surface area (Å²) in [6, 6.07) is 9.26. The van der Waals surface area contributed by atoms with E-state index in [1.54, 1.807) is 0 Å². The van der Waals surface area contributed by atoms with Crippen LogP contribution in [0, 0.1) is 0 Å². The zero-order chi connectivity index (χ0) is 15.4. The molecule has 1 aromatic heterocycles. The van der Waals surface area contributed by atoms with E-state index < -0.39 is 0 Å². The van der Waals surface area contributed by atoms with Gasteiger partial charge in [0, 0.05) is 17.2 Å². The Bertz CT molecular complexity index is 635. The van der Waals surface area contributed by atoms with E-state index in [4.69, 9.17) is 4.74 Å². The molecule has 0 atom stereocenters. The predicted molar refractivity (Wildman–Crippen MR) is 88.0 cm³/mol. The van der Waals surface area contributed by atoms with Crippen molar-refractivity contribution in [3.8, 4) is 5.75 Å². The summed E-state index contributed by atoms with van der Waals surface area (Å²) in [6.07, 6.45) is 1.95. The molecule has 1 amide bonds. The summed E-state index contributed by atoms with van der Waals surface area (Å²) in [5.41, 5.74) is 1.29. The van der Waals surface area contributed by atoms with E-state index in [-0.39, 0.29) is 12.0 Å². The van der Waals surface area contributed by atoms with Gasteiger partial charge < -0.3 is 14.6 Å². The molecule has 0 saturated carbocycles. The standard InChI is InChI=1S/C16H19BrN2O2/c1-4-19-10-12(17)9-14(19)16(20)18-13-7-5-6-8-15(13)21-11(2)3/h5-11H,4H2,1-3H3,(H,18,20). The molecule has 0 saturated heterocycles. The van der Waals surface area contributed by atoms with Crippen molar-refractivity contribution >= 4 is 27.5 Å². The zero-order valence-electron chi connectivity index (χ0n) is 12.4. The fourth-order valence-corrected chi connectivity index (χ4v) is 2.50. The second-order valence-electron chi connectivity index (χ2n) is 4.95. The maximum absolute atomic E-state index is 12.4. The molecule has 0 fully saturated rings. The molecule has 2 rings (SSSR count). The molecule has 0 spiro atoms. The summed E-state index contributed by atoms with van der Waals surface area (Å²) in [4.78, 5) is 12.4. The van der Waals surface area contributed by atoms with Crippen LogP contribution < -0.4 is 10.1 Å². The number of para-hydroxylation sites is 2. The number of nitrogens with one attached hydrogen (secondary N) is 1. The second-order valence-corrected chi connectivity index (χ2v) is 5.86. The van der Waals surface area contributed by atoms with Crippen molar-refractivity contribution in [2.75, 3.05) is 5.32 Å². The Kier molecular flexibility index (Phi) is 5.07. The summed E-state index contributed by atoms with van der Waals surface area (Å²) >= 11 is 3.40. The van der Waals surface area contributed by atoms with Crippen molar-refractivity contribution in [3.63, 3.8) is 0 Å². The number of anilines is 1. The molecule has 0 bridgehead atoms. The number of amides is 1. The predicted octanol–water partition coefficient (Wildman–Crippen LogP) is 4.31. The molecular weight excluding hydrogens is 332 g/mol. The minimum absolute atomic E-state index is 0.0525. The molecule has 0 aliphatic rings. The van der Waals surface area contributed by atoms with Gasteiger partial charge in [0.15, 0.2) is 0 Å². The molecule has 5 heteroatoms. The number of aromatic nitrogens is 1. The summed E-state index contributed by atoms with van der Waals surface area (Å²) < 4.78 is 8.50. The Balaban J connectivity index is 2.23. The quantitative estimate of drug-likeness (QED) is 0.872. The molecule has 0 aliphatic heterocycles. The van der Waals surface area contributed by atoms with Gasteiger partial charge in [-0.25, -0.2) is 0 Å². The second kappa shape index (κ2) is 6.80. The van der Waals surface area contributed by atoms with E-state index in [0.717, 1.165) is 11.0 Å². The highest BCUT2D eigenvalue weighted by atomic mass is 79.9. The SMILES string of the molecule is CCn1cc(Br)cc1C(=O)Nc1ccccc1OC(C)C. The Morgan fingerprint density at radius 2 is 2.10 bits per heavy atom. The summed E-state index contributed by atoms with van der Waals surface area (Å²) in [6.45, 7) is 6.65. The molecule has 0 aliphatic carbocycles. The first-order chi connectivity index (χ1) is 10.0. The first-order valence-electron chi connectivity index (χ1n) is 6.94. The topological polar surface area (TPSA) is 43.3 Å². The molecule has 2 aromatic rings. The van der Waals surface area contributed by atoms with E-state index >= 15 is 0 Å². The van der Waals surface area contributed by atoms with Gasteiger partial charge in [-0.05, 0) is 54.9 Å². The lowest BCUT2D eigenvalue weighted by molar-refractivity contribution is 0.101. The molecular formula is C16H19BrN2O2. The third kappa shape index (κ3) is 3.88. The first kappa shape index (κ1) is 15.6. The Morgan fingerprint density at radius 1 is 1.38 bits per heavy atom. The minimum atomic E-state index is -0.151. The van der Waals surface area contributed by atoms with Gasteiger partial charge >= 0.3 is 0 Å². The third-order valence-corrected chi connectivity index (χ3v) is 3.37. The van der Waals surface area contributed by atoms with Crippen LogP contribution in [0.1, 0.15) is 31.3 Å². The average molecular weight is 351 g/mol. The number of hydrogen-bond acceptors (Lipinski definition) is 2. The minimum Gasteiger partial charge on any atom is -0.489 e. The highest BCUT2D eigenvalue weighted by molar-refractivity contribution is 9.10. The first-order valence-corrected chi connectivity index (χ1v) is 7.73. The van der Waals surface area contributed by atoms with E-state index in [2.05, 4.69) is 21.2 Å². The Hall–Kier alpha value is -1.75. The van der Waals surface area contributed by atoms with Gasteiger partial charge in [0.2, 0.25) is 0 Å². The van der Waals surface area contributed by atoms with Crippen LogP contribution in [0.4, 0.5) is 5.69 Å². The lowest BCUT2D eigenvalue weighted by Crippen LogP contribution is -2.17. The Labute approximate surface area is 133 Å². The normalized spacial score (nSPS) is 10.7. The molecule has 112 valence electrons. The molecule has 4 nitrogen and oxygen atoms in total. The third-order valence-electron chi connectivity index (χ3n) is 2.93. The number of rotatable bonds is 5. The molecule has 1 N–H and O–H groups in total. The van der Waals surface area contributed by atoms with Gasteiger partial charge in [-0.2, -0.15) is 0 Å². The van der Waals surface area contributed by atoms with Gasteiger partial charge in [0.25, 0.3) is 5.91 Å². The smallest absolute Gasteiger partial charge is 0.272 e. The molecule has 1 aromatic carbocycles. The summed E-state index contributed by atoms with van der Waals surface area (Å²) in [5, 5.41) is 2.91. The number of nitrogens with zero attached hydrogens (tertiary/aromatic N) is 1. The monoisotopic (exact) mass is 350 g/mol. The van der Waals surface area contributed by atoms with Crippen LogP contribution in [0.25, 0.3) is 0 Å². The van der Waals surface area contributed by atoms with Crippen molar-refractivity contribution in [1.82, 2.24) is 4.57 Å². The Morgan fingerprint density at radius 3 is 2.76 bits per heavy atom. The van der Waals surface area contributed by atoms with E-state index in [9.17, 15) is 4.79 Å². The lowest BCUT2D eigenvalue weighted by atomic mass is 10.2. The van der Waals surface area contributed by atoms with Crippen LogP contribution in [0.5, 0.6) is 5.75 Å². The maximum atomic E-state index is 12.4. The number of halogens is 1. The van der Waals surface area contributed by atoms with Crippen LogP contribution in [0.2, 0.25) is 0 Å². The van der Waals surface area contributed by atoms with Crippen LogP contribution in [-0.2, 0) is 6.54 Å². The average Bonchev–Trinajstić information content (AvgIpc) is 2.81. The summed E-state index contributed by atoms with van der Waals surface area (Å²) in [5.74, 6) is 0.525. The van der Waals surface area contributed by atoms with Crippen molar-refractivity contribution in [2.24, 2.45) is 0 Å². The van der Waals surface area contributed by atoms with Gasteiger partial charge in [0.1, 0.15) is 11.4 Å². The van der Waals surface area contributed by atoms with Crippen LogP contribution in [0.3, 0.4) is 0 Å². The zero-order valence-corrected chi connectivity index (χ0v) is 14.0. The van der Waals surface area contributed by atoms with Crippen molar-refractivity contribution in [1.29, 1.82) is 0 Å². The molecule has 0 radical (unpaired) electrons. The fourth-order valence-electron chi connectivity index (χ4n) is 2.04. The van der Waals surface area contributed by atoms with Crippen LogP contribution in [-0.4, -0.2) is 16.6 Å². The van der Waals surface area contributed by atoms with Crippen molar-refractivity contribution in [3.05, 3.63) is 46.7 Å². The van der Waals surface area contributed by atoms with Crippen molar-refractivity contribution in [2.45, 2.75) is 33.4 Å². The molecule has 21 heavy (non-hydrogen) atoms. The number of carbonyl (C=O) groups is 1. The number of hydrogen-bond donors (Lipinski definition) is 1.